The van der Waals surface area contributed by atoms with Gasteiger partial charge in [-0.2, -0.15) is 0 Å². The molecule has 1 atom stereocenters. The molecule has 0 bridgehead atoms. The molecule has 0 fully saturated rings. The van der Waals surface area contributed by atoms with E-state index in [1.807, 2.05) is 12.3 Å². The van der Waals surface area contributed by atoms with Crippen LogP contribution in [0.15, 0.2) is 60.8 Å². The van der Waals surface area contributed by atoms with Crippen LogP contribution in [0.2, 0.25) is 0 Å². The lowest BCUT2D eigenvalue weighted by Crippen LogP contribution is -2.19. The Balaban J connectivity index is 1.79. The van der Waals surface area contributed by atoms with E-state index in [0.717, 1.165) is 12.1 Å². The molecule has 1 aromatic heterocycles. The van der Waals surface area contributed by atoms with Crippen LogP contribution in [0.4, 0.5) is 0 Å². The van der Waals surface area contributed by atoms with Crippen molar-refractivity contribution in [3.8, 4) is 0 Å². The summed E-state index contributed by atoms with van der Waals surface area (Å²) < 4.78 is 0. The summed E-state index contributed by atoms with van der Waals surface area (Å²) in [6, 6.07) is 19.3. The van der Waals surface area contributed by atoms with Crippen molar-refractivity contribution in [1.82, 2.24) is 10.3 Å². The quantitative estimate of drug-likeness (QED) is 0.764. The Labute approximate surface area is 125 Å². The van der Waals surface area contributed by atoms with Crippen LogP contribution in [-0.4, -0.2) is 4.98 Å². The predicted octanol–water partition coefficient (Wildman–Crippen LogP) is 4.39. The van der Waals surface area contributed by atoms with E-state index >= 15 is 0 Å². The molecule has 0 aliphatic heterocycles. The second-order valence-corrected chi connectivity index (χ2v) is 5.45. The van der Waals surface area contributed by atoms with Crippen molar-refractivity contribution in [2.75, 3.05) is 0 Å². The van der Waals surface area contributed by atoms with Gasteiger partial charge in [0.2, 0.25) is 0 Å². The monoisotopic (exact) mass is 276 g/mol. The van der Waals surface area contributed by atoms with Crippen molar-refractivity contribution in [3.63, 3.8) is 0 Å². The summed E-state index contributed by atoms with van der Waals surface area (Å²) in [6.07, 6.45) is 1.86. The van der Waals surface area contributed by atoms with Crippen LogP contribution in [-0.2, 0) is 6.54 Å². The summed E-state index contributed by atoms with van der Waals surface area (Å²) in [7, 11) is 0. The average molecular weight is 276 g/mol. The maximum Gasteiger partial charge on any atom is 0.0746 e. The van der Waals surface area contributed by atoms with Crippen LogP contribution in [0, 0.1) is 6.92 Å². The highest BCUT2D eigenvalue weighted by Crippen LogP contribution is 2.19. The maximum absolute atomic E-state index is 4.51. The normalized spacial score (nSPS) is 12.5. The number of nitrogens with zero attached hydrogens (tertiary/aromatic N) is 1. The third kappa shape index (κ3) is 2.96. The van der Waals surface area contributed by atoms with Gasteiger partial charge in [0, 0.05) is 24.2 Å². The van der Waals surface area contributed by atoms with Gasteiger partial charge < -0.3 is 5.32 Å². The number of rotatable bonds is 4. The SMILES string of the molecule is Cc1ccccc1[C@@H](C)NCc1cccc2cccnc12. The van der Waals surface area contributed by atoms with Crippen molar-refractivity contribution in [1.29, 1.82) is 0 Å². The van der Waals surface area contributed by atoms with Gasteiger partial charge in [-0.25, -0.2) is 0 Å². The number of hydrogen-bond acceptors (Lipinski definition) is 2. The molecule has 0 unspecified atom stereocenters. The lowest BCUT2D eigenvalue weighted by atomic mass is 10.0. The molecular formula is C19H20N2. The molecule has 0 amide bonds. The number of hydrogen-bond donors (Lipinski definition) is 1. The van der Waals surface area contributed by atoms with Gasteiger partial charge in [-0.05, 0) is 36.6 Å². The third-order valence-electron chi connectivity index (χ3n) is 3.97. The molecule has 21 heavy (non-hydrogen) atoms. The van der Waals surface area contributed by atoms with E-state index < -0.39 is 0 Å². The smallest absolute Gasteiger partial charge is 0.0746 e. The maximum atomic E-state index is 4.51. The number of aryl methyl sites for hydroxylation is 1. The van der Waals surface area contributed by atoms with Crippen molar-refractivity contribution in [2.45, 2.75) is 26.4 Å². The van der Waals surface area contributed by atoms with Crippen LogP contribution in [0.5, 0.6) is 0 Å². The van der Waals surface area contributed by atoms with E-state index in [1.165, 1.54) is 22.1 Å². The molecule has 1 heterocycles. The molecule has 0 aliphatic carbocycles. The molecule has 0 saturated carbocycles. The van der Waals surface area contributed by atoms with Gasteiger partial charge in [0.05, 0.1) is 5.52 Å². The largest absolute Gasteiger partial charge is 0.306 e. The number of benzene rings is 2. The Kier molecular flexibility index (Phi) is 3.98. The predicted molar refractivity (Wildman–Crippen MR) is 88.2 cm³/mol. The van der Waals surface area contributed by atoms with Crippen LogP contribution in [0.1, 0.15) is 29.7 Å². The summed E-state index contributed by atoms with van der Waals surface area (Å²) in [5, 5.41) is 4.80. The van der Waals surface area contributed by atoms with Gasteiger partial charge in [-0.1, -0.05) is 48.5 Å². The van der Waals surface area contributed by atoms with E-state index in [1.54, 1.807) is 0 Å². The molecule has 0 spiro atoms. The molecule has 0 radical (unpaired) electrons. The Hall–Kier alpha value is -2.19. The van der Waals surface area contributed by atoms with E-state index in [0.29, 0.717) is 6.04 Å². The Bertz CT molecular complexity index is 744. The topological polar surface area (TPSA) is 24.9 Å². The molecule has 0 saturated heterocycles. The Morgan fingerprint density at radius 3 is 2.67 bits per heavy atom. The molecule has 1 N–H and O–H groups in total. The number of nitrogens with one attached hydrogen (secondary N) is 1. The minimum absolute atomic E-state index is 0.324. The lowest BCUT2D eigenvalue weighted by Gasteiger charge is -2.17. The van der Waals surface area contributed by atoms with Gasteiger partial charge in [-0.3, -0.25) is 4.98 Å². The molecular weight excluding hydrogens is 256 g/mol. The number of para-hydroxylation sites is 1. The molecule has 2 heteroatoms. The summed E-state index contributed by atoms with van der Waals surface area (Å²) >= 11 is 0. The van der Waals surface area contributed by atoms with Crippen molar-refractivity contribution >= 4 is 10.9 Å². The number of aromatic nitrogens is 1. The fourth-order valence-electron chi connectivity index (χ4n) is 2.76. The van der Waals surface area contributed by atoms with Gasteiger partial charge in [0.15, 0.2) is 0 Å². The highest BCUT2D eigenvalue weighted by atomic mass is 14.9. The zero-order chi connectivity index (χ0) is 14.7. The van der Waals surface area contributed by atoms with Gasteiger partial charge in [-0.15, -0.1) is 0 Å². The van der Waals surface area contributed by atoms with Crippen LogP contribution in [0.25, 0.3) is 10.9 Å². The van der Waals surface area contributed by atoms with E-state index in [2.05, 4.69) is 72.7 Å². The zero-order valence-electron chi connectivity index (χ0n) is 12.5. The molecule has 2 aromatic carbocycles. The number of fused-ring (bicyclic) bond motifs is 1. The first-order chi connectivity index (χ1) is 10.3. The number of pyridine rings is 1. The van der Waals surface area contributed by atoms with E-state index in [9.17, 15) is 0 Å². The fraction of sp³-hybridized carbons (Fsp3) is 0.211. The second-order valence-electron chi connectivity index (χ2n) is 5.45. The van der Waals surface area contributed by atoms with Crippen molar-refractivity contribution in [3.05, 3.63) is 77.5 Å². The average Bonchev–Trinajstić information content (AvgIpc) is 2.53. The Morgan fingerprint density at radius 1 is 1.00 bits per heavy atom. The Morgan fingerprint density at radius 2 is 1.81 bits per heavy atom. The fourth-order valence-corrected chi connectivity index (χ4v) is 2.76. The van der Waals surface area contributed by atoms with Gasteiger partial charge in [0.1, 0.15) is 0 Å². The summed E-state index contributed by atoms with van der Waals surface area (Å²) in [6.45, 7) is 5.19. The lowest BCUT2D eigenvalue weighted by molar-refractivity contribution is 0.573. The minimum atomic E-state index is 0.324. The first-order valence-electron chi connectivity index (χ1n) is 7.37. The second kappa shape index (κ2) is 6.06. The summed E-state index contributed by atoms with van der Waals surface area (Å²) in [5.74, 6) is 0. The van der Waals surface area contributed by atoms with Crippen LogP contribution in [0.3, 0.4) is 0 Å². The van der Waals surface area contributed by atoms with Crippen LogP contribution >= 0.6 is 0 Å². The highest BCUT2D eigenvalue weighted by molar-refractivity contribution is 5.81. The summed E-state index contributed by atoms with van der Waals surface area (Å²) in [5.41, 5.74) is 5.01. The summed E-state index contributed by atoms with van der Waals surface area (Å²) in [4.78, 5) is 4.51. The molecule has 106 valence electrons. The highest BCUT2D eigenvalue weighted by Gasteiger charge is 2.08. The molecule has 2 nitrogen and oxygen atoms in total. The van der Waals surface area contributed by atoms with E-state index in [-0.39, 0.29) is 0 Å². The van der Waals surface area contributed by atoms with Gasteiger partial charge in [0.25, 0.3) is 0 Å². The van der Waals surface area contributed by atoms with E-state index in [4.69, 9.17) is 0 Å². The van der Waals surface area contributed by atoms with Crippen molar-refractivity contribution < 1.29 is 0 Å². The molecule has 0 aliphatic rings. The zero-order valence-corrected chi connectivity index (χ0v) is 12.5. The minimum Gasteiger partial charge on any atom is -0.306 e. The third-order valence-corrected chi connectivity index (χ3v) is 3.97. The molecule has 3 aromatic rings. The van der Waals surface area contributed by atoms with Gasteiger partial charge >= 0.3 is 0 Å². The first-order valence-corrected chi connectivity index (χ1v) is 7.37. The van der Waals surface area contributed by atoms with Crippen LogP contribution < -0.4 is 5.32 Å². The van der Waals surface area contributed by atoms with Crippen molar-refractivity contribution in [2.24, 2.45) is 0 Å². The first kappa shape index (κ1) is 13.8. The molecule has 3 rings (SSSR count). The standard InChI is InChI=1S/C19H20N2/c1-14-7-3-4-11-18(14)15(2)21-13-17-9-5-8-16-10-6-12-20-19(16)17/h3-12,15,21H,13H2,1-2H3/t15-/m1/s1.